The number of benzene rings is 2. The average Bonchev–Trinajstić information content (AvgIpc) is 3.29. The van der Waals surface area contributed by atoms with Crippen molar-refractivity contribution in [2.24, 2.45) is 0 Å². The summed E-state index contributed by atoms with van der Waals surface area (Å²) in [6.07, 6.45) is 6.55. The van der Waals surface area contributed by atoms with Crippen LogP contribution >= 0.6 is 0 Å². The van der Waals surface area contributed by atoms with Crippen molar-refractivity contribution in [3.8, 4) is 11.1 Å². The predicted octanol–water partition coefficient (Wildman–Crippen LogP) is 5.17. The number of carboxylic acids is 1. The van der Waals surface area contributed by atoms with E-state index in [1.165, 1.54) is 0 Å². The highest BCUT2D eigenvalue weighted by Gasteiger charge is 2.29. The fraction of sp³-hybridized carbons (Fsp3) is 0.276. The van der Waals surface area contributed by atoms with Crippen LogP contribution in [0.3, 0.4) is 0 Å². The molecule has 0 saturated carbocycles. The van der Waals surface area contributed by atoms with Crippen LogP contribution in [0.15, 0.2) is 73.1 Å². The maximum Gasteiger partial charge on any atom is 0.320 e. The quantitative estimate of drug-likeness (QED) is 0.379. The number of rotatable bonds is 7. The number of carbonyl (C=O) groups excluding carboxylic acids is 1. The second kappa shape index (κ2) is 9.84. The lowest BCUT2D eigenvalue weighted by atomic mass is 9.93. The molecule has 1 saturated heterocycles. The lowest BCUT2D eigenvalue weighted by molar-refractivity contribution is -0.144. The molecule has 178 valence electrons. The van der Waals surface area contributed by atoms with Gasteiger partial charge in [-0.25, -0.2) is 4.98 Å². The Morgan fingerprint density at radius 2 is 1.86 bits per heavy atom. The van der Waals surface area contributed by atoms with Crippen LogP contribution in [0.25, 0.3) is 16.8 Å². The zero-order valence-corrected chi connectivity index (χ0v) is 19.9. The Kier molecular flexibility index (Phi) is 6.47. The van der Waals surface area contributed by atoms with Gasteiger partial charge in [-0.1, -0.05) is 55.0 Å². The first-order valence-corrected chi connectivity index (χ1v) is 12.1. The number of likely N-dealkylation sites (tertiary alicyclic amines) is 1. The van der Waals surface area contributed by atoms with Gasteiger partial charge < -0.3 is 9.51 Å². The van der Waals surface area contributed by atoms with Crippen LogP contribution in [-0.2, 0) is 17.8 Å². The van der Waals surface area contributed by atoms with Crippen molar-refractivity contribution in [2.75, 3.05) is 6.54 Å². The molecule has 5 rings (SSSR count). The Morgan fingerprint density at radius 1 is 1.03 bits per heavy atom. The Labute approximate surface area is 204 Å². The topological polar surface area (TPSA) is 74.9 Å². The van der Waals surface area contributed by atoms with Gasteiger partial charge in [0.25, 0.3) is 0 Å². The van der Waals surface area contributed by atoms with E-state index in [4.69, 9.17) is 0 Å². The van der Waals surface area contributed by atoms with Crippen molar-refractivity contribution in [1.29, 1.82) is 0 Å². The van der Waals surface area contributed by atoms with Crippen molar-refractivity contribution in [3.63, 3.8) is 0 Å². The van der Waals surface area contributed by atoms with Crippen molar-refractivity contribution in [1.82, 2.24) is 14.3 Å². The van der Waals surface area contributed by atoms with Gasteiger partial charge in [0, 0.05) is 19.2 Å². The van der Waals surface area contributed by atoms with Crippen molar-refractivity contribution < 1.29 is 14.7 Å². The largest absolute Gasteiger partial charge is 0.480 e. The molecule has 2 aromatic carbocycles. The monoisotopic (exact) mass is 467 g/mol. The van der Waals surface area contributed by atoms with E-state index in [2.05, 4.69) is 30.1 Å². The number of pyridine rings is 1. The zero-order chi connectivity index (χ0) is 24.4. The first kappa shape index (κ1) is 23.0. The number of nitrogens with zero attached hydrogens (tertiary/aromatic N) is 3. The van der Waals surface area contributed by atoms with Crippen LogP contribution < -0.4 is 0 Å². The number of aromatic nitrogens is 2. The molecule has 1 atom stereocenters. The molecule has 6 heteroatoms. The van der Waals surface area contributed by atoms with Crippen molar-refractivity contribution >= 4 is 17.4 Å². The molecule has 1 fully saturated rings. The molecular formula is C29H29N3O3. The fourth-order valence-electron chi connectivity index (χ4n) is 5.14. The molecule has 6 nitrogen and oxygen atoms in total. The molecule has 1 aliphatic heterocycles. The molecule has 35 heavy (non-hydrogen) atoms. The van der Waals surface area contributed by atoms with Gasteiger partial charge >= 0.3 is 5.97 Å². The van der Waals surface area contributed by atoms with E-state index in [1.54, 1.807) is 6.20 Å². The minimum absolute atomic E-state index is 0.0162. The lowest BCUT2D eigenvalue weighted by Crippen LogP contribution is -2.44. The maximum absolute atomic E-state index is 13.4. The highest BCUT2D eigenvalue weighted by Crippen LogP contribution is 2.27. The maximum atomic E-state index is 13.4. The lowest BCUT2D eigenvalue weighted by Gasteiger charge is -2.32. The van der Waals surface area contributed by atoms with E-state index in [1.807, 2.05) is 58.0 Å². The highest BCUT2D eigenvalue weighted by atomic mass is 16.4. The summed E-state index contributed by atoms with van der Waals surface area (Å²) in [5.41, 5.74) is 6.47. The fourth-order valence-corrected chi connectivity index (χ4v) is 5.14. The SMILES string of the molecule is Cc1c(CC(=O)c2cccn3c(CN4CCCC[C@H]4C(=O)O)cnc23)cccc1-c1ccccc1. The molecule has 0 spiro atoms. The predicted molar refractivity (Wildman–Crippen MR) is 136 cm³/mol. The van der Waals surface area contributed by atoms with Crippen molar-refractivity contribution in [3.05, 3.63) is 95.4 Å². The van der Waals surface area contributed by atoms with Gasteiger partial charge in [-0.05, 0) is 60.7 Å². The van der Waals surface area contributed by atoms with E-state index >= 15 is 0 Å². The van der Waals surface area contributed by atoms with Gasteiger partial charge in [-0.15, -0.1) is 0 Å². The second-order valence-corrected chi connectivity index (χ2v) is 9.24. The van der Waals surface area contributed by atoms with E-state index < -0.39 is 12.0 Å². The average molecular weight is 468 g/mol. The minimum atomic E-state index is -0.775. The number of carbonyl (C=O) groups is 2. The Bertz CT molecular complexity index is 1380. The third-order valence-electron chi connectivity index (χ3n) is 7.06. The van der Waals surface area contributed by atoms with Gasteiger partial charge in [0.1, 0.15) is 11.7 Å². The summed E-state index contributed by atoms with van der Waals surface area (Å²) in [7, 11) is 0. The molecule has 1 N–H and O–H groups in total. The minimum Gasteiger partial charge on any atom is -0.480 e. The van der Waals surface area contributed by atoms with Gasteiger partial charge in [-0.2, -0.15) is 0 Å². The third kappa shape index (κ3) is 4.62. The summed E-state index contributed by atoms with van der Waals surface area (Å²) in [6, 6.07) is 19.5. The second-order valence-electron chi connectivity index (χ2n) is 9.24. The number of hydrogen-bond acceptors (Lipinski definition) is 4. The summed E-state index contributed by atoms with van der Waals surface area (Å²) in [5.74, 6) is -0.759. The smallest absolute Gasteiger partial charge is 0.320 e. The van der Waals surface area contributed by atoms with Gasteiger partial charge in [-0.3, -0.25) is 14.5 Å². The number of hydrogen-bond donors (Lipinski definition) is 1. The molecule has 3 heterocycles. The Morgan fingerprint density at radius 3 is 2.66 bits per heavy atom. The van der Waals surface area contributed by atoms with Crippen LogP contribution in [-0.4, -0.2) is 43.7 Å². The van der Waals surface area contributed by atoms with Crippen LogP contribution in [0.4, 0.5) is 0 Å². The van der Waals surface area contributed by atoms with E-state index in [9.17, 15) is 14.7 Å². The number of fused-ring (bicyclic) bond motifs is 1. The summed E-state index contributed by atoms with van der Waals surface area (Å²) >= 11 is 0. The Balaban J connectivity index is 1.41. The summed E-state index contributed by atoms with van der Waals surface area (Å²) in [4.78, 5) is 31.7. The third-order valence-corrected chi connectivity index (χ3v) is 7.06. The first-order chi connectivity index (χ1) is 17.0. The van der Waals surface area contributed by atoms with E-state index in [-0.39, 0.29) is 5.78 Å². The van der Waals surface area contributed by atoms with Gasteiger partial charge in [0.2, 0.25) is 0 Å². The number of imidazole rings is 1. The summed E-state index contributed by atoms with van der Waals surface area (Å²) in [6.45, 7) is 3.31. The van der Waals surface area contributed by atoms with Gasteiger partial charge in [0.15, 0.2) is 5.78 Å². The first-order valence-electron chi connectivity index (χ1n) is 12.1. The molecule has 0 bridgehead atoms. The molecule has 1 aliphatic rings. The van der Waals surface area contributed by atoms with Crippen LogP contribution in [0.2, 0.25) is 0 Å². The zero-order valence-electron chi connectivity index (χ0n) is 19.9. The van der Waals surface area contributed by atoms with Gasteiger partial charge in [0.05, 0.1) is 17.5 Å². The number of aliphatic carboxylic acids is 1. The summed E-state index contributed by atoms with van der Waals surface area (Å²) in [5, 5.41) is 9.61. The standard InChI is InChI=1S/C29H29N3O3/c1-20-22(11-7-12-24(20)21-9-3-2-4-10-21)17-27(33)25-13-8-16-32-23(18-30-28(25)32)19-31-15-6-5-14-26(31)29(34)35/h2-4,7-13,16,18,26H,5-6,14-15,17,19H2,1H3,(H,34,35)/t26-/m0/s1. The number of carboxylic acid groups (broad SMARTS) is 1. The Hall–Kier alpha value is -3.77. The molecule has 0 aliphatic carbocycles. The molecule has 2 aromatic heterocycles. The molecule has 0 amide bonds. The van der Waals surface area contributed by atoms with E-state index in [0.717, 1.165) is 47.3 Å². The number of ketones is 1. The molecule has 0 unspecified atom stereocenters. The van der Waals surface area contributed by atoms with Crippen LogP contribution in [0, 0.1) is 6.92 Å². The van der Waals surface area contributed by atoms with Crippen LogP contribution in [0.5, 0.6) is 0 Å². The number of Topliss-reactive ketones (excluding diaryl/α,β-unsaturated/α-hetero) is 1. The van der Waals surface area contributed by atoms with Crippen molar-refractivity contribution in [2.45, 2.75) is 45.2 Å². The van der Waals surface area contributed by atoms with Crippen LogP contribution in [0.1, 0.15) is 46.4 Å². The summed E-state index contributed by atoms with van der Waals surface area (Å²) < 4.78 is 1.92. The van der Waals surface area contributed by atoms with E-state index in [0.29, 0.717) is 30.6 Å². The molecular weight excluding hydrogens is 438 g/mol. The highest BCUT2D eigenvalue weighted by molar-refractivity contribution is 6.02. The molecule has 0 radical (unpaired) electrons. The number of piperidine rings is 1. The molecule has 4 aromatic rings. The normalized spacial score (nSPS) is 16.4.